The van der Waals surface area contributed by atoms with E-state index in [0.717, 1.165) is 12.8 Å². The third-order valence-corrected chi connectivity index (χ3v) is 9.00. The maximum Gasteiger partial charge on any atom is 0.259 e. The highest BCUT2D eigenvalue weighted by Crippen LogP contribution is 2.47. The van der Waals surface area contributed by atoms with E-state index in [1.165, 1.54) is 37.9 Å². The first-order chi connectivity index (χ1) is 17.9. The zero-order valence-electron chi connectivity index (χ0n) is 23.3. The molecule has 3 radical (unpaired) electrons. The topological polar surface area (TPSA) is 54.7 Å². The molecule has 0 bridgehead atoms. The maximum absolute atomic E-state index is 8.95. The van der Waals surface area contributed by atoms with Gasteiger partial charge in [0.2, 0.25) is 0 Å². The van der Waals surface area contributed by atoms with E-state index in [4.69, 9.17) is 19.0 Å². The smallest absolute Gasteiger partial charge is 0.259 e. The number of nitriles is 1. The molecule has 0 spiro atoms. The lowest BCUT2D eigenvalue weighted by Gasteiger charge is -2.37. The van der Waals surface area contributed by atoms with Gasteiger partial charge in [-0.05, 0) is 78.4 Å². The lowest BCUT2D eigenvalue weighted by molar-refractivity contribution is 0.0699. The highest BCUT2D eigenvalue weighted by Gasteiger charge is 2.29. The quantitative estimate of drug-likeness (QED) is 0.0714. The van der Waals surface area contributed by atoms with Crippen LogP contribution in [0.4, 0.5) is 0 Å². The third-order valence-electron chi connectivity index (χ3n) is 6.82. The van der Waals surface area contributed by atoms with Crippen LogP contribution in [-0.2, 0) is 20.4 Å². The summed E-state index contributed by atoms with van der Waals surface area (Å²) in [5, 5.41) is 16.7. The summed E-state index contributed by atoms with van der Waals surface area (Å²) < 4.78 is 21.1. The first-order valence-electron chi connectivity index (χ1n) is 13.4. The van der Waals surface area contributed by atoms with Crippen LogP contribution in [0.5, 0.6) is 0 Å². The van der Waals surface area contributed by atoms with Gasteiger partial charge in [-0.15, -0.1) is 0 Å². The van der Waals surface area contributed by atoms with E-state index in [1.807, 2.05) is 0 Å². The summed E-state index contributed by atoms with van der Waals surface area (Å²) >= 11 is 0. The predicted molar refractivity (Wildman–Crippen MR) is 161 cm³/mol. The minimum atomic E-state index is -1.25. The number of hydrogen-bond acceptors (Lipinski definition) is 5. The lowest BCUT2D eigenvalue weighted by atomic mass is 9.92. The Morgan fingerprint density at radius 2 is 1.50 bits per heavy atom. The second-order valence-electron chi connectivity index (χ2n) is 10.1. The molecule has 5 nitrogen and oxygen atoms in total. The van der Waals surface area contributed by atoms with Crippen molar-refractivity contribution < 1.29 is 13.8 Å². The second kappa shape index (κ2) is 14.2. The van der Waals surface area contributed by atoms with Crippen molar-refractivity contribution in [2.45, 2.75) is 78.7 Å². The second-order valence-corrected chi connectivity index (χ2v) is 11.5. The zero-order valence-corrected chi connectivity index (χ0v) is 24.2. The van der Waals surface area contributed by atoms with Gasteiger partial charge < -0.3 is 13.8 Å². The molecule has 38 heavy (non-hydrogen) atoms. The van der Waals surface area contributed by atoms with E-state index in [1.54, 1.807) is 0 Å². The fourth-order valence-corrected chi connectivity index (χ4v) is 6.89. The normalized spacial score (nSPS) is 13.6. The van der Waals surface area contributed by atoms with Crippen LogP contribution in [0.1, 0.15) is 59.4 Å². The zero-order chi connectivity index (χ0) is 26.4. The van der Waals surface area contributed by atoms with Crippen molar-refractivity contribution in [3.8, 4) is 6.07 Å². The molecule has 0 saturated carbocycles. The molecular formula is C31H39BN2O3P. The standard InChI is InChI=1S/C31H39N2O3P.B/c1-6-28(36-37(35-19-8-18-32)33(22(2)3)23(4)5)17-20-34-21-27-14-13-26-12-11-24-9-7-10-25-15-16-29(27)31(26)30(24)25;/h7,9-16,22-23,28H,6,8,17,19-21H2,1-5H3;/t28-,37?;/m1./s1. The molecule has 7 heteroatoms. The van der Waals surface area contributed by atoms with Gasteiger partial charge in [0.15, 0.2) is 0 Å². The number of nitrogens with zero attached hydrogens (tertiary/aromatic N) is 2. The van der Waals surface area contributed by atoms with Crippen molar-refractivity contribution >= 4 is 49.3 Å². The minimum absolute atomic E-state index is 0. The van der Waals surface area contributed by atoms with Crippen LogP contribution in [0.25, 0.3) is 32.3 Å². The number of ether oxygens (including phenoxy) is 1. The van der Waals surface area contributed by atoms with Gasteiger partial charge >= 0.3 is 0 Å². The van der Waals surface area contributed by atoms with E-state index in [0.29, 0.717) is 26.2 Å². The van der Waals surface area contributed by atoms with E-state index in [-0.39, 0.29) is 26.6 Å². The Hall–Kier alpha value is -2.26. The average molecular weight is 529 g/mol. The van der Waals surface area contributed by atoms with Crippen LogP contribution in [0, 0.1) is 11.3 Å². The lowest BCUT2D eigenvalue weighted by Crippen LogP contribution is -2.34. The molecule has 199 valence electrons. The number of benzene rings is 4. The van der Waals surface area contributed by atoms with E-state index >= 15 is 0 Å². The first kappa shape index (κ1) is 30.3. The van der Waals surface area contributed by atoms with Crippen molar-refractivity contribution in [1.82, 2.24) is 4.67 Å². The summed E-state index contributed by atoms with van der Waals surface area (Å²) in [5.41, 5.74) is 1.22. The first-order valence-corrected chi connectivity index (χ1v) is 14.6. The third kappa shape index (κ3) is 6.84. The van der Waals surface area contributed by atoms with Crippen molar-refractivity contribution in [1.29, 1.82) is 5.26 Å². The molecule has 0 aliphatic heterocycles. The Balaban J connectivity index is 0.00000400. The molecule has 4 aromatic carbocycles. The van der Waals surface area contributed by atoms with Crippen molar-refractivity contribution in [2.75, 3.05) is 13.2 Å². The van der Waals surface area contributed by atoms with Gasteiger partial charge in [0, 0.05) is 27.1 Å². The Bertz CT molecular complexity index is 1320. The van der Waals surface area contributed by atoms with E-state index in [2.05, 4.69) is 100.0 Å². The summed E-state index contributed by atoms with van der Waals surface area (Å²) in [4.78, 5) is 0. The molecule has 0 aliphatic carbocycles. The van der Waals surface area contributed by atoms with Gasteiger partial charge in [-0.1, -0.05) is 61.5 Å². The van der Waals surface area contributed by atoms with Gasteiger partial charge in [-0.3, -0.25) is 0 Å². The van der Waals surface area contributed by atoms with Crippen molar-refractivity contribution in [3.63, 3.8) is 0 Å². The van der Waals surface area contributed by atoms with Crippen LogP contribution in [0.2, 0.25) is 0 Å². The number of hydrogen-bond donors (Lipinski definition) is 0. The molecule has 0 heterocycles. The molecule has 2 atom stereocenters. The fraction of sp³-hybridized carbons (Fsp3) is 0.452. The molecule has 0 aliphatic rings. The van der Waals surface area contributed by atoms with E-state index in [9.17, 15) is 0 Å². The summed E-state index contributed by atoms with van der Waals surface area (Å²) in [6.07, 6.45) is 2.08. The number of rotatable bonds is 14. The van der Waals surface area contributed by atoms with Crippen molar-refractivity contribution in [2.24, 2.45) is 0 Å². The summed E-state index contributed by atoms with van der Waals surface area (Å²) in [6.45, 7) is 12.4. The van der Waals surface area contributed by atoms with Crippen LogP contribution in [-0.4, -0.2) is 44.5 Å². The Morgan fingerprint density at radius 3 is 2.13 bits per heavy atom. The Labute approximate surface area is 230 Å². The minimum Gasteiger partial charge on any atom is -0.377 e. The summed E-state index contributed by atoms with van der Waals surface area (Å²) in [6, 6.07) is 22.5. The van der Waals surface area contributed by atoms with Gasteiger partial charge in [-0.25, -0.2) is 4.67 Å². The molecular weight excluding hydrogens is 490 g/mol. The predicted octanol–water partition coefficient (Wildman–Crippen LogP) is 8.18. The molecule has 4 rings (SSSR count). The highest BCUT2D eigenvalue weighted by molar-refractivity contribution is 7.44. The Morgan fingerprint density at radius 1 is 0.868 bits per heavy atom. The molecule has 4 aromatic rings. The Kier molecular flexibility index (Phi) is 11.3. The maximum atomic E-state index is 8.95. The van der Waals surface area contributed by atoms with Gasteiger partial charge in [0.1, 0.15) is 0 Å². The van der Waals surface area contributed by atoms with Crippen LogP contribution in [0.3, 0.4) is 0 Å². The molecule has 0 fully saturated rings. The highest BCUT2D eigenvalue weighted by atomic mass is 31.2. The van der Waals surface area contributed by atoms with E-state index < -0.39 is 8.53 Å². The van der Waals surface area contributed by atoms with Crippen LogP contribution >= 0.6 is 8.53 Å². The van der Waals surface area contributed by atoms with Crippen LogP contribution in [0.15, 0.2) is 54.6 Å². The average Bonchev–Trinajstić information content (AvgIpc) is 2.89. The van der Waals surface area contributed by atoms with Gasteiger partial charge in [-0.2, -0.15) is 5.26 Å². The SMILES string of the molecule is CC[C@H](CCOCc1ccc2ccc3cccc4ccc1c2c34)OP(OCCC#N)N(C(C)C)C(C)C.[B]. The largest absolute Gasteiger partial charge is 0.377 e. The van der Waals surface area contributed by atoms with Gasteiger partial charge in [0.05, 0.1) is 31.8 Å². The van der Waals surface area contributed by atoms with Gasteiger partial charge in [0.25, 0.3) is 8.53 Å². The summed E-state index contributed by atoms with van der Waals surface area (Å²) in [7, 11) is -1.25. The van der Waals surface area contributed by atoms with Crippen LogP contribution < -0.4 is 0 Å². The fourth-order valence-electron chi connectivity index (χ4n) is 5.07. The molecule has 0 N–H and O–H groups in total. The molecule has 0 aromatic heterocycles. The molecule has 1 unspecified atom stereocenters. The monoisotopic (exact) mass is 529 g/mol. The molecule has 0 saturated heterocycles. The molecule has 0 amide bonds. The van der Waals surface area contributed by atoms with Crippen molar-refractivity contribution in [3.05, 3.63) is 60.2 Å². The summed E-state index contributed by atoms with van der Waals surface area (Å²) in [5.74, 6) is 0.